The summed E-state index contributed by atoms with van der Waals surface area (Å²) in [6.45, 7) is 7.53. The maximum Gasteiger partial charge on any atom is 0.0685 e. The molecule has 80 valence electrons. The lowest BCUT2D eigenvalue weighted by molar-refractivity contribution is 0.0948. The van der Waals surface area contributed by atoms with E-state index in [4.69, 9.17) is 16.3 Å². The minimum Gasteiger partial charge on any atom is -0.377 e. The van der Waals surface area contributed by atoms with Crippen molar-refractivity contribution in [3.63, 3.8) is 0 Å². The van der Waals surface area contributed by atoms with E-state index in [1.807, 2.05) is 0 Å². The van der Waals surface area contributed by atoms with Gasteiger partial charge >= 0.3 is 0 Å². The molecule has 0 aromatic carbocycles. The fraction of sp³-hybridized carbons (Fsp3) is 0.667. The van der Waals surface area contributed by atoms with E-state index in [9.17, 15) is 0 Å². The van der Waals surface area contributed by atoms with Crippen molar-refractivity contribution in [3.05, 3.63) is 24.3 Å². The Balaban J connectivity index is 2.17. The average molecular weight is 215 g/mol. The van der Waals surface area contributed by atoms with E-state index < -0.39 is 0 Å². The molecule has 0 saturated heterocycles. The predicted octanol–water partition coefficient (Wildman–Crippen LogP) is 3.40. The van der Waals surface area contributed by atoms with Crippen LogP contribution < -0.4 is 0 Å². The number of allylic oxidation sites excluding steroid dienone is 2. The van der Waals surface area contributed by atoms with E-state index in [2.05, 4.69) is 25.7 Å². The Kier molecular flexibility index (Phi) is 5.28. The van der Waals surface area contributed by atoms with Crippen molar-refractivity contribution in [2.45, 2.75) is 19.8 Å². The zero-order chi connectivity index (χ0) is 10.4. The predicted molar refractivity (Wildman–Crippen MR) is 61.7 cm³/mol. The van der Waals surface area contributed by atoms with Crippen molar-refractivity contribution in [1.82, 2.24) is 0 Å². The maximum atomic E-state index is 5.61. The number of hydrogen-bond acceptors (Lipinski definition) is 1. The summed E-state index contributed by atoms with van der Waals surface area (Å²) in [6.07, 6.45) is 6.85. The molecule has 0 heterocycles. The maximum absolute atomic E-state index is 5.61. The van der Waals surface area contributed by atoms with Crippen molar-refractivity contribution < 1.29 is 4.74 Å². The van der Waals surface area contributed by atoms with Crippen molar-refractivity contribution in [2.75, 3.05) is 19.1 Å². The van der Waals surface area contributed by atoms with Crippen LogP contribution in [0, 0.1) is 11.8 Å². The summed E-state index contributed by atoms with van der Waals surface area (Å²) in [5.41, 5.74) is 0.964. The Morgan fingerprint density at radius 2 is 2.21 bits per heavy atom. The molecule has 1 nitrogen and oxygen atoms in total. The fourth-order valence-electron chi connectivity index (χ4n) is 1.63. The van der Waals surface area contributed by atoms with Crippen LogP contribution in [0.4, 0.5) is 0 Å². The summed E-state index contributed by atoms with van der Waals surface area (Å²) in [5, 5.41) is 0. The highest BCUT2D eigenvalue weighted by molar-refractivity contribution is 6.19. The van der Waals surface area contributed by atoms with Gasteiger partial charge < -0.3 is 4.74 Å². The Morgan fingerprint density at radius 1 is 1.50 bits per heavy atom. The summed E-state index contributed by atoms with van der Waals surface area (Å²) in [7, 11) is 0. The van der Waals surface area contributed by atoms with Crippen LogP contribution in [-0.4, -0.2) is 19.1 Å². The molecule has 0 amide bonds. The number of ether oxygens (including phenoxy) is 1. The van der Waals surface area contributed by atoms with E-state index in [1.165, 1.54) is 6.42 Å². The van der Waals surface area contributed by atoms with E-state index in [0.29, 0.717) is 18.4 Å². The highest BCUT2D eigenvalue weighted by atomic mass is 35.5. The quantitative estimate of drug-likeness (QED) is 0.504. The van der Waals surface area contributed by atoms with Gasteiger partial charge in [-0.15, -0.1) is 11.6 Å². The van der Waals surface area contributed by atoms with Crippen LogP contribution in [0.2, 0.25) is 0 Å². The minimum absolute atomic E-state index is 0.500. The number of alkyl halides is 1. The molecule has 0 aliphatic heterocycles. The second kappa shape index (κ2) is 6.26. The molecule has 0 N–H and O–H groups in total. The first-order chi connectivity index (χ1) is 6.74. The standard InChI is InChI=1S/C12H19ClO/c1-10(7-13)8-14-9-12-6-4-3-5-11(12)2/h3-4,11-12H,1,5-9H2,2H3. The van der Waals surface area contributed by atoms with E-state index in [-0.39, 0.29) is 0 Å². The molecule has 0 aromatic heterocycles. The Bertz CT molecular complexity index is 210. The summed E-state index contributed by atoms with van der Waals surface area (Å²) in [6, 6.07) is 0. The summed E-state index contributed by atoms with van der Waals surface area (Å²) in [5.74, 6) is 1.91. The van der Waals surface area contributed by atoms with Gasteiger partial charge in [-0.1, -0.05) is 25.7 Å². The third kappa shape index (κ3) is 3.85. The topological polar surface area (TPSA) is 9.23 Å². The summed E-state index contributed by atoms with van der Waals surface area (Å²) >= 11 is 5.61. The molecule has 0 radical (unpaired) electrons. The lowest BCUT2D eigenvalue weighted by atomic mass is 9.85. The Labute approximate surface area is 91.8 Å². The molecule has 2 unspecified atom stereocenters. The van der Waals surface area contributed by atoms with Gasteiger partial charge in [-0.2, -0.15) is 0 Å². The highest BCUT2D eigenvalue weighted by Crippen LogP contribution is 2.25. The van der Waals surface area contributed by atoms with Crippen molar-refractivity contribution >= 4 is 11.6 Å². The molecule has 0 bridgehead atoms. The monoisotopic (exact) mass is 214 g/mol. The second-order valence-corrected chi connectivity index (χ2v) is 4.35. The lowest BCUT2D eigenvalue weighted by Gasteiger charge is -2.24. The molecule has 0 spiro atoms. The van der Waals surface area contributed by atoms with Crippen LogP contribution >= 0.6 is 11.6 Å². The van der Waals surface area contributed by atoms with Crippen LogP contribution in [0.15, 0.2) is 24.3 Å². The summed E-state index contributed by atoms with van der Waals surface area (Å²) in [4.78, 5) is 0. The lowest BCUT2D eigenvalue weighted by Crippen LogP contribution is -2.20. The van der Waals surface area contributed by atoms with E-state index >= 15 is 0 Å². The SMILES string of the molecule is C=C(CCl)COCC1CC=CCC1C. The first-order valence-electron chi connectivity index (χ1n) is 5.19. The largest absolute Gasteiger partial charge is 0.377 e. The molecule has 14 heavy (non-hydrogen) atoms. The molecule has 0 saturated carbocycles. The first-order valence-corrected chi connectivity index (χ1v) is 5.73. The zero-order valence-electron chi connectivity index (χ0n) is 8.84. The van der Waals surface area contributed by atoms with E-state index in [1.54, 1.807) is 0 Å². The van der Waals surface area contributed by atoms with Crippen LogP contribution in [0.5, 0.6) is 0 Å². The third-order valence-electron chi connectivity index (χ3n) is 2.75. The van der Waals surface area contributed by atoms with Crippen LogP contribution in [-0.2, 0) is 4.74 Å². The smallest absolute Gasteiger partial charge is 0.0685 e. The van der Waals surface area contributed by atoms with Crippen molar-refractivity contribution in [3.8, 4) is 0 Å². The molecular weight excluding hydrogens is 196 g/mol. The highest BCUT2D eigenvalue weighted by Gasteiger charge is 2.17. The molecular formula is C12H19ClO. The van der Waals surface area contributed by atoms with Crippen LogP contribution in [0.25, 0.3) is 0 Å². The second-order valence-electron chi connectivity index (χ2n) is 4.08. The van der Waals surface area contributed by atoms with Crippen LogP contribution in [0.1, 0.15) is 19.8 Å². The Morgan fingerprint density at radius 3 is 2.86 bits per heavy atom. The molecule has 1 aliphatic rings. The molecule has 0 aromatic rings. The average Bonchev–Trinajstić information content (AvgIpc) is 2.20. The summed E-state index contributed by atoms with van der Waals surface area (Å²) < 4.78 is 5.58. The molecule has 1 rings (SSSR count). The first kappa shape index (κ1) is 11.8. The van der Waals surface area contributed by atoms with E-state index in [0.717, 1.165) is 24.5 Å². The molecule has 0 fully saturated rings. The molecule has 2 atom stereocenters. The van der Waals surface area contributed by atoms with Gasteiger partial charge in [-0.25, -0.2) is 0 Å². The number of rotatable bonds is 5. The number of hydrogen-bond donors (Lipinski definition) is 0. The molecule has 2 heteroatoms. The van der Waals surface area contributed by atoms with Gasteiger partial charge in [-0.3, -0.25) is 0 Å². The van der Waals surface area contributed by atoms with Crippen molar-refractivity contribution in [1.29, 1.82) is 0 Å². The fourth-order valence-corrected chi connectivity index (χ4v) is 1.71. The van der Waals surface area contributed by atoms with Gasteiger partial charge in [0, 0.05) is 5.88 Å². The van der Waals surface area contributed by atoms with Crippen LogP contribution in [0.3, 0.4) is 0 Å². The third-order valence-corrected chi connectivity index (χ3v) is 3.12. The van der Waals surface area contributed by atoms with Gasteiger partial charge in [0.15, 0.2) is 0 Å². The van der Waals surface area contributed by atoms with Gasteiger partial charge in [0.05, 0.1) is 13.2 Å². The molecule has 1 aliphatic carbocycles. The minimum atomic E-state index is 0.500. The zero-order valence-corrected chi connectivity index (χ0v) is 9.59. The van der Waals surface area contributed by atoms with Crippen molar-refractivity contribution in [2.24, 2.45) is 11.8 Å². The van der Waals surface area contributed by atoms with Gasteiger partial charge in [0.2, 0.25) is 0 Å². The number of halogens is 1. The Hall–Kier alpha value is -0.270. The van der Waals surface area contributed by atoms with Gasteiger partial charge in [0.25, 0.3) is 0 Å². The van der Waals surface area contributed by atoms with Gasteiger partial charge in [0.1, 0.15) is 0 Å². The van der Waals surface area contributed by atoms with Gasteiger partial charge in [-0.05, 0) is 30.3 Å². The normalized spacial score (nSPS) is 26.4.